The highest BCUT2D eigenvalue weighted by Gasteiger charge is 2.25. The summed E-state index contributed by atoms with van der Waals surface area (Å²) in [5, 5.41) is 0. The van der Waals surface area contributed by atoms with E-state index in [4.69, 9.17) is 4.74 Å². The van der Waals surface area contributed by atoms with Crippen molar-refractivity contribution < 1.29 is 4.74 Å². The zero-order chi connectivity index (χ0) is 14.1. The van der Waals surface area contributed by atoms with Crippen LogP contribution in [-0.4, -0.2) is 18.5 Å². The smallest absolute Gasteiger partial charge is 0.134 e. The summed E-state index contributed by atoms with van der Waals surface area (Å²) in [6.45, 7) is 4.26. The molecule has 1 aliphatic heterocycles. The monoisotopic (exact) mass is 351 g/mol. The predicted molar refractivity (Wildman–Crippen MR) is 87.5 cm³/mol. The van der Waals surface area contributed by atoms with Gasteiger partial charge in [0, 0.05) is 29.3 Å². The number of hydrogen-bond donors (Lipinski definition) is 0. The fourth-order valence-electron chi connectivity index (χ4n) is 2.63. The standard InChI is InChI=1S/C16H18BrNOS/c1-11-9-12-10-18(2)8-7-15(16(12)20-11)19-14-6-4-3-5-13(14)17/h3-6,9,15H,7-8,10H2,1-2H3. The lowest BCUT2D eigenvalue weighted by atomic mass is 10.1. The molecule has 1 aliphatic rings. The third-order valence-electron chi connectivity index (χ3n) is 3.58. The number of thiophene rings is 1. The summed E-state index contributed by atoms with van der Waals surface area (Å²) < 4.78 is 7.31. The number of hydrogen-bond acceptors (Lipinski definition) is 3. The lowest BCUT2D eigenvalue weighted by Crippen LogP contribution is -2.18. The van der Waals surface area contributed by atoms with Gasteiger partial charge < -0.3 is 9.64 Å². The van der Waals surface area contributed by atoms with Crippen LogP contribution in [0.5, 0.6) is 5.75 Å². The molecule has 0 aliphatic carbocycles. The second-order valence-electron chi connectivity index (χ2n) is 5.31. The third kappa shape index (κ3) is 2.92. The summed E-state index contributed by atoms with van der Waals surface area (Å²) in [5.41, 5.74) is 1.42. The van der Waals surface area contributed by atoms with Crippen LogP contribution in [0, 0.1) is 6.92 Å². The van der Waals surface area contributed by atoms with Crippen LogP contribution in [-0.2, 0) is 6.54 Å². The molecule has 2 heterocycles. The summed E-state index contributed by atoms with van der Waals surface area (Å²) in [5.74, 6) is 0.930. The van der Waals surface area contributed by atoms with Crippen LogP contribution in [0.2, 0.25) is 0 Å². The van der Waals surface area contributed by atoms with Crippen molar-refractivity contribution in [1.29, 1.82) is 0 Å². The van der Waals surface area contributed by atoms with Crippen LogP contribution < -0.4 is 4.74 Å². The molecule has 0 saturated carbocycles. The maximum atomic E-state index is 6.29. The van der Waals surface area contributed by atoms with Gasteiger partial charge in [0.2, 0.25) is 0 Å². The van der Waals surface area contributed by atoms with Crippen molar-refractivity contribution in [3.05, 3.63) is 50.1 Å². The van der Waals surface area contributed by atoms with Gasteiger partial charge >= 0.3 is 0 Å². The molecule has 106 valence electrons. The maximum absolute atomic E-state index is 6.29. The number of nitrogens with zero attached hydrogens (tertiary/aromatic N) is 1. The highest BCUT2D eigenvalue weighted by molar-refractivity contribution is 9.10. The summed E-state index contributed by atoms with van der Waals surface area (Å²) in [6, 6.07) is 10.4. The maximum Gasteiger partial charge on any atom is 0.134 e. The molecular formula is C16H18BrNOS. The molecule has 2 aromatic rings. The molecule has 4 heteroatoms. The molecule has 3 rings (SSSR count). The van der Waals surface area contributed by atoms with Gasteiger partial charge in [-0.2, -0.15) is 0 Å². The van der Waals surface area contributed by atoms with Gasteiger partial charge in [0.05, 0.1) is 4.47 Å². The fraction of sp³-hybridized carbons (Fsp3) is 0.375. The first kappa shape index (κ1) is 14.1. The van der Waals surface area contributed by atoms with E-state index in [1.807, 2.05) is 35.6 Å². The minimum absolute atomic E-state index is 0.160. The topological polar surface area (TPSA) is 12.5 Å². The summed E-state index contributed by atoms with van der Waals surface area (Å²) in [7, 11) is 2.18. The number of aryl methyl sites for hydroxylation is 1. The molecule has 0 saturated heterocycles. The Morgan fingerprint density at radius 1 is 1.35 bits per heavy atom. The fourth-order valence-corrected chi connectivity index (χ4v) is 4.10. The summed E-state index contributed by atoms with van der Waals surface area (Å²) >= 11 is 5.44. The minimum atomic E-state index is 0.160. The Morgan fingerprint density at radius 3 is 2.95 bits per heavy atom. The molecule has 1 aromatic heterocycles. The Labute approximate surface area is 132 Å². The lowest BCUT2D eigenvalue weighted by molar-refractivity contribution is 0.184. The molecule has 0 radical (unpaired) electrons. The van der Waals surface area contributed by atoms with Gasteiger partial charge in [0.25, 0.3) is 0 Å². The first-order valence-corrected chi connectivity index (χ1v) is 8.43. The lowest BCUT2D eigenvalue weighted by Gasteiger charge is -2.18. The van der Waals surface area contributed by atoms with E-state index < -0.39 is 0 Å². The second kappa shape index (κ2) is 5.88. The third-order valence-corrected chi connectivity index (χ3v) is 5.42. The van der Waals surface area contributed by atoms with Crippen LogP contribution in [0.15, 0.2) is 34.8 Å². The number of fused-ring (bicyclic) bond motifs is 1. The predicted octanol–water partition coefficient (Wildman–Crippen LogP) is 4.77. The molecule has 0 spiro atoms. The van der Waals surface area contributed by atoms with E-state index in [1.165, 1.54) is 15.3 Å². The van der Waals surface area contributed by atoms with Gasteiger partial charge in [-0.3, -0.25) is 0 Å². The number of benzene rings is 1. The zero-order valence-electron chi connectivity index (χ0n) is 11.7. The average molecular weight is 352 g/mol. The highest BCUT2D eigenvalue weighted by atomic mass is 79.9. The number of rotatable bonds is 2. The average Bonchev–Trinajstić information content (AvgIpc) is 2.70. The summed E-state index contributed by atoms with van der Waals surface area (Å²) in [6.07, 6.45) is 1.19. The van der Waals surface area contributed by atoms with Crippen molar-refractivity contribution in [1.82, 2.24) is 4.90 Å². The van der Waals surface area contributed by atoms with E-state index in [0.29, 0.717) is 0 Å². The van der Waals surface area contributed by atoms with Gasteiger partial charge in [-0.1, -0.05) is 12.1 Å². The van der Waals surface area contributed by atoms with Gasteiger partial charge in [-0.05, 0) is 53.7 Å². The Morgan fingerprint density at radius 2 is 2.15 bits per heavy atom. The number of para-hydroxylation sites is 1. The SMILES string of the molecule is Cc1cc2c(s1)C(Oc1ccccc1Br)CCN(C)C2. The largest absolute Gasteiger partial charge is 0.484 e. The zero-order valence-corrected chi connectivity index (χ0v) is 14.1. The first-order chi connectivity index (χ1) is 9.63. The van der Waals surface area contributed by atoms with Crippen LogP contribution >= 0.6 is 27.3 Å². The van der Waals surface area contributed by atoms with Crippen LogP contribution in [0.25, 0.3) is 0 Å². The van der Waals surface area contributed by atoms with Crippen LogP contribution in [0.4, 0.5) is 0 Å². The molecule has 0 amide bonds. The minimum Gasteiger partial charge on any atom is -0.484 e. The second-order valence-corrected chi connectivity index (χ2v) is 7.45. The molecule has 0 N–H and O–H groups in total. The Hall–Kier alpha value is -0.840. The van der Waals surface area contributed by atoms with Crippen molar-refractivity contribution in [3.8, 4) is 5.75 Å². The Bertz CT molecular complexity index is 610. The van der Waals surface area contributed by atoms with Crippen molar-refractivity contribution in [3.63, 3.8) is 0 Å². The van der Waals surface area contributed by atoms with Crippen molar-refractivity contribution in [2.24, 2.45) is 0 Å². The van der Waals surface area contributed by atoms with E-state index in [2.05, 4.69) is 40.9 Å². The molecule has 2 nitrogen and oxygen atoms in total. The Balaban J connectivity index is 1.91. The van der Waals surface area contributed by atoms with Crippen molar-refractivity contribution >= 4 is 27.3 Å². The quantitative estimate of drug-likeness (QED) is 0.772. The molecule has 1 unspecified atom stereocenters. The molecule has 0 bridgehead atoms. The van der Waals surface area contributed by atoms with E-state index in [9.17, 15) is 0 Å². The molecular weight excluding hydrogens is 334 g/mol. The van der Waals surface area contributed by atoms with Gasteiger partial charge in [-0.25, -0.2) is 0 Å². The van der Waals surface area contributed by atoms with E-state index in [-0.39, 0.29) is 6.10 Å². The molecule has 20 heavy (non-hydrogen) atoms. The molecule has 0 fully saturated rings. The molecule has 1 atom stereocenters. The highest BCUT2D eigenvalue weighted by Crippen LogP contribution is 2.38. The Kier molecular flexibility index (Phi) is 4.15. The number of halogens is 1. The normalized spacial score (nSPS) is 19.4. The van der Waals surface area contributed by atoms with Crippen LogP contribution in [0.1, 0.15) is 27.8 Å². The van der Waals surface area contributed by atoms with Crippen molar-refractivity contribution in [2.45, 2.75) is 26.0 Å². The first-order valence-electron chi connectivity index (χ1n) is 6.82. The van der Waals surface area contributed by atoms with Gasteiger partial charge in [-0.15, -0.1) is 11.3 Å². The van der Waals surface area contributed by atoms with Gasteiger partial charge in [0.1, 0.15) is 11.9 Å². The van der Waals surface area contributed by atoms with Crippen LogP contribution in [0.3, 0.4) is 0 Å². The van der Waals surface area contributed by atoms with E-state index in [1.54, 1.807) is 0 Å². The van der Waals surface area contributed by atoms with Crippen molar-refractivity contribution in [2.75, 3.05) is 13.6 Å². The summed E-state index contributed by atoms with van der Waals surface area (Å²) in [4.78, 5) is 5.13. The van der Waals surface area contributed by atoms with Gasteiger partial charge in [0.15, 0.2) is 0 Å². The number of ether oxygens (including phenoxy) is 1. The van der Waals surface area contributed by atoms with E-state index in [0.717, 1.165) is 29.7 Å². The van der Waals surface area contributed by atoms with E-state index >= 15 is 0 Å². The molecule has 1 aromatic carbocycles.